The first kappa shape index (κ1) is 19.9. The fourth-order valence-corrected chi connectivity index (χ4v) is 4.21. The maximum atomic E-state index is 13.8. The minimum atomic E-state index is -0.225. The molecule has 34 heavy (non-hydrogen) atoms. The van der Waals surface area contributed by atoms with Crippen LogP contribution < -0.4 is 15.0 Å². The molecule has 0 fully saturated rings. The first-order chi connectivity index (χ1) is 16.7. The van der Waals surface area contributed by atoms with Gasteiger partial charge in [-0.25, -0.2) is 15.0 Å². The normalized spacial score (nSPS) is 11.4. The molecule has 3 aromatic carbocycles. The van der Waals surface area contributed by atoms with Crippen molar-refractivity contribution in [1.29, 1.82) is 0 Å². The number of rotatable bonds is 4. The van der Waals surface area contributed by atoms with Gasteiger partial charge >= 0.3 is 0 Å². The summed E-state index contributed by atoms with van der Waals surface area (Å²) in [5, 5.41) is 0.387. The molecule has 3 aromatic heterocycles. The van der Waals surface area contributed by atoms with Crippen molar-refractivity contribution in [2.45, 2.75) is 0 Å². The Kier molecular flexibility index (Phi) is 4.51. The molecule has 6 rings (SSSR count). The molecule has 0 aliphatic rings. The fourth-order valence-electron chi connectivity index (χ4n) is 4.21. The number of aromatic nitrogens is 5. The molecule has 0 N–H and O–H groups in total. The van der Waals surface area contributed by atoms with Crippen molar-refractivity contribution in [2.75, 3.05) is 14.2 Å². The molecule has 0 radical (unpaired) electrons. The van der Waals surface area contributed by atoms with Crippen LogP contribution in [0.1, 0.15) is 0 Å². The molecule has 6 aromatic rings. The zero-order valence-corrected chi connectivity index (χ0v) is 18.5. The van der Waals surface area contributed by atoms with Gasteiger partial charge in [-0.1, -0.05) is 30.3 Å². The number of para-hydroxylation sites is 3. The number of nitrogens with zero attached hydrogens (tertiary/aromatic N) is 5. The molecule has 3 heterocycles. The smallest absolute Gasteiger partial charge is 0.269 e. The molecule has 0 spiro atoms. The Morgan fingerprint density at radius 2 is 1.53 bits per heavy atom. The number of hydrogen-bond acceptors (Lipinski definition) is 6. The molecule has 0 atom stereocenters. The van der Waals surface area contributed by atoms with Crippen molar-refractivity contribution < 1.29 is 9.47 Å². The summed E-state index contributed by atoms with van der Waals surface area (Å²) in [5.74, 6) is 1.21. The predicted molar refractivity (Wildman–Crippen MR) is 130 cm³/mol. The first-order valence-electron chi connectivity index (χ1n) is 10.7. The number of hydrogen-bond donors (Lipinski definition) is 0. The van der Waals surface area contributed by atoms with Gasteiger partial charge in [0, 0.05) is 6.07 Å². The quantitative estimate of drug-likeness (QED) is 0.399. The van der Waals surface area contributed by atoms with E-state index in [1.165, 1.54) is 10.9 Å². The summed E-state index contributed by atoms with van der Waals surface area (Å²) in [6.07, 6.45) is 1.53. The van der Waals surface area contributed by atoms with E-state index in [9.17, 15) is 4.79 Å². The molecule has 0 amide bonds. The highest BCUT2D eigenvalue weighted by Gasteiger charge is 2.23. The van der Waals surface area contributed by atoms with Crippen molar-refractivity contribution in [2.24, 2.45) is 0 Å². The summed E-state index contributed by atoms with van der Waals surface area (Å²) in [4.78, 5) is 28.2. The summed E-state index contributed by atoms with van der Waals surface area (Å²) in [5.41, 5.74) is 4.04. The molecule has 0 bridgehead atoms. The Balaban J connectivity index is 1.78. The second-order valence-corrected chi connectivity index (χ2v) is 7.71. The lowest BCUT2D eigenvalue weighted by molar-refractivity contribution is 0.393. The third-order valence-electron chi connectivity index (χ3n) is 5.83. The largest absolute Gasteiger partial charge is 0.497 e. The van der Waals surface area contributed by atoms with Gasteiger partial charge in [0.2, 0.25) is 0 Å². The van der Waals surface area contributed by atoms with Gasteiger partial charge in [-0.2, -0.15) is 0 Å². The van der Waals surface area contributed by atoms with Crippen molar-refractivity contribution in [1.82, 2.24) is 24.1 Å². The van der Waals surface area contributed by atoms with Crippen LogP contribution in [0, 0.1) is 0 Å². The maximum absolute atomic E-state index is 13.8. The summed E-state index contributed by atoms with van der Waals surface area (Å²) in [7, 11) is 3.18. The topological polar surface area (TPSA) is 84.1 Å². The van der Waals surface area contributed by atoms with Gasteiger partial charge in [-0.05, 0) is 36.4 Å². The highest BCUT2D eigenvalue weighted by atomic mass is 16.5. The van der Waals surface area contributed by atoms with Gasteiger partial charge in [0.1, 0.15) is 28.7 Å². The summed E-state index contributed by atoms with van der Waals surface area (Å²) < 4.78 is 14.4. The van der Waals surface area contributed by atoms with Crippen molar-refractivity contribution in [3.8, 4) is 22.9 Å². The highest BCUT2D eigenvalue weighted by Crippen LogP contribution is 2.34. The lowest BCUT2D eigenvalue weighted by atomic mass is 10.2. The van der Waals surface area contributed by atoms with Crippen molar-refractivity contribution in [3.05, 3.63) is 89.5 Å². The van der Waals surface area contributed by atoms with E-state index in [0.29, 0.717) is 44.9 Å². The average Bonchev–Trinajstić information content (AvgIpc) is 3.21. The zero-order valence-electron chi connectivity index (χ0n) is 18.5. The Labute approximate surface area is 193 Å². The standard InChI is InChI=1S/C26H19N5O3/c1-33-17-12-13-20(21(14-17)34-2)31-24-22(23-25(31)29-19-11-7-6-10-18(19)28-23)26(32)30(15-27-24)16-8-4-3-5-9-16/h3-15H,1-2H3. The van der Waals surface area contributed by atoms with Crippen LogP contribution in [0.15, 0.2) is 83.9 Å². The van der Waals surface area contributed by atoms with Gasteiger partial charge in [0.15, 0.2) is 11.3 Å². The summed E-state index contributed by atoms with van der Waals surface area (Å²) in [6, 6.07) is 22.4. The second kappa shape index (κ2) is 7.70. The van der Waals surface area contributed by atoms with Crippen LogP contribution in [-0.2, 0) is 0 Å². The van der Waals surface area contributed by atoms with E-state index in [0.717, 1.165) is 11.2 Å². The van der Waals surface area contributed by atoms with Crippen LogP contribution in [0.4, 0.5) is 0 Å². The van der Waals surface area contributed by atoms with Gasteiger partial charge < -0.3 is 9.47 Å². The summed E-state index contributed by atoms with van der Waals surface area (Å²) >= 11 is 0. The molecule has 0 aliphatic carbocycles. The third-order valence-corrected chi connectivity index (χ3v) is 5.83. The number of benzene rings is 3. The lowest BCUT2D eigenvalue weighted by Gasteiger charge is -2.13. The van der Waals surface area contributed by atoms with Gasteiger partial charge in [0.25, 0.3) is 5.56 Å². The number of ether oxygens (including phenoxy) is 2. The van der Waals surface area contributed by atoms with E-state index in [4.69, 9.17) is 24.4 Å². The van der Waals surface area contributed by atoms with Crippen LogP contribution >= 0.6 is 0 Å². The van der Waals surface area contributed by atoms with Crippen molar-refractivity contribution in [3.63, 3.8) is 0 Å². The SMILES string of the molecule is COc1ccc(-n2c3nc4ccccc4nc3c3c(=O)n(-c4ccccc4)cnc32)c(OC)c1. The van der Waals surface area contributed by atoms with E-state index in [2.05, 4.69) is 0 Å². The van der Waals surface area contributed by atoms with Crippen LogP contribution in [-0.4, -0.2) is 38.3 Å². The van der Waals surface area contributed by atoms with Crippen LogP contribution in [0.25, 0.3) is 44.6 Å². The van der Waals surface area contributed by atoms with Gasteiger partial charge in [-0.15, -0.1) is 0 Å². The molecule has 0 saturated carbocycles. The van der Waals surface area contributed by atoms with E-state index in [-0.39, 0.29) is 5.56 Å². The number of fused-ring (bicyclic) bond motifs is 4. The zero-order chi connectivity index (χ0) is 23.2. The molecular weight excluding hydrogens is 430 g/mol. The van der Waals surface area contributed by atoms with Gasteiger partial charge in [0.05, 0.1) is 36.6 Å². The molecule has 0 saturated heterocycles. The van der Waals surface area contributed by atoms with Crippen LogP contribution in [0.2, 0.25) is 0 Å². The van der Waals surface area contributed by atoms with Crippen LogP contribution in [0.5, 0.6) is 11.5 Å². The Hall–Kier alpha value is -4.72. The maximum Gasteiger partial charge on any atom is 0.269 e. The van der Waals surface area contributed by atoms with E-state index in [1.807, 2.05) is 71.3 Å². The van der Waals surface area contributed by atoms with E-state index in [1.54, 1.807) is 20.3 Å². The number of methoxy groups -OCH3 is 2. The minimum absolute atomic E-state index is 0.225. The highest BCUT2D eigenvalue weighted by molar-refractivity contribution is 6.06. The van der Waals surface area contributed by atoms with Crippen molar-refractivity contribution >= 4 is 33.2 Å². The third kappa shape index (κ3) is 2.92. The molecule has 8 nitrogen and oxygen atoms in total. The Bertz CT molecular complexity index is 1760. The summed E-state index contributed by atoms with van der Waals surface area (Å²) in [6.45, 7) is 0. The first-order valence-corrected chi connectivity index (χ1v) is 10.7. The van der Waals surface area contributed by atoms with E-state index < -0.39 is 0 Å². The Morgan fingerprint density at radius 3 is 2.26 bits per heavy atom. The molecule has 0 unspecified atom stereocenters. The van der Waals surface area contributed by atoms with Gasteiger partial charge in [-0.3, -0.25) is 13.9 Å². The fraction of sp³-hybridized carbons (Fsp3) is 0.0769. The Morgan fingerprint density at radius 1 is 0.794 bits per heavy atom. The average molecular weight is 449 g/mol. The molecule has 0 aliphatic heterocycles. The van der Waals surface area contributed by atoms with Crippen LogP contribution in [0.3, 0.4) is 0 Å². The minimum Gasteiger partial charge on any atom is -0.497 e. The molecule has 166 valence electrons. The lowest BCUT2D eigenvalue weighted by Crippen LogP contribution is -2.19. The monoisotopic (exact) mass is 449 g/mol. The predicted octanol–water partition coefficient (Wildman–Crippen LogP) is 4.29. The second-order valence-electron chi connectivity index (χ2n) is 7.71. The molecular formula is C26H19N5O3. The van der Waals surface area contributed by atoms with E-state index >= 15 is 0 Å². The molecule has 8 heteroatoms.